The summed E-state index contributed by atoms with van der Waals surface area (Å²) in [5, 5.41) is 12.9. The minimum atomic E-state index is -0.293. The fourth-order valence-corrected chi connectivity index (χ4v) is 1.47. The maximum atomic E-state index is 9.13. The number of hydrogen-bond donors (Lipinski definition) is 2. The minimum Gasteiger partial charge on any atom is -0.394 e. The predicted octanol–water partition coefficient (Wildman–Crippen LogP) is 2.16. The average Bonchev–Trinajstić information content (AvgIpc) is 2.18. The normalized spacial score (nSPS) is 13.9. The van der Waals surface area contributed by atoms with E-state index in [9.17, 15) is 0 Å². The van der Waals surface area contributed by atoms with E-state index in [0.717, 1.165) is 5.56 Å². The molecule has 1 aromatic rings. The van der Waals surface area contributed by atoms with Gasteiger partial charge < -0.3 is 10.4 Å². The first-order valence-electron chi connectivity index (χ1n) is 4.94. The molecule has 1 atom stereocenters. The molecule has 0 saturated carbocycles. The summed E-state index contributed by atoms with van der Waals surface area (Å²) in [7, 11) is 0. The van der Waals surface area contributed by atoms with Crippen molar-refractivity contribution < 1.29 is 5.11 Å². The number of aromatic nitrogens is 1. The van der Waals surface area contributed by atoms with E-state index in [4.69, 9.17) is 16.7 Å². The number of hydrogen-bond acceptors (Lipinski definition) is 3. The molecule has 0 aliphatic heterocycles. The molecule has 1 unspecified atom stereocenters. The van der Waals surface area contributed by atoms with E-state index in [-0.39, 0.29) is 18.2 Å². The molecule has 0 amide bonds. The van der Waals surface area contributed by atoms with Gasteiger partial charge in [0.05, 0.1) is 6.61 Å². The van der Waals surface area contributed by atoms with Crippen LogP contribution in [0.15, 0.2) is 18.3 Å². The van der Waals surface area contributed by atoms with Gasteiger partial charge in [0.15, 0.2) is 0 Å². The zero-order valence-corrected chi connectivity index (χ0v) is 10.0. The second kappa shape index (κ2) is 4.92. The van der Waals surface area contributed by atoms with Crippen LogP contribution in [-0.2, 0) is 0 Å². The quantitative estimate of drug-likeness (QED) is 0.777. The highest BCUT2D eigenvalue weighted by molar-refractivity contribution is 6.29. The van der Waals surface area contributed by atoms with Crippen molar-refractivity contribution in [3.63, 3.8) is 0 Å². The van der Waals surface area contributed by atoms with Crippen molar-refractivity contribution in [1.29, 1.82) is 0 Å². The van der Waals surface area contributed by atoms with Crippen LogP contribution in [-0.4, -0.2) is 22.2 Å². The van der Waals surface area contributed by atoms with E-state index in [1.807, 2.05) is 26.8 Å². The Kier molecular flexibility index (Phi) is 4.08. The standard InChI is InChI=1S/C11H17ClN2O/c1-8(14-11(2,3)7-15)9-4-5-10(12)13-6-9/h4-6,8,14-15H,7H2,1-3H3. The number of aliphatic hydroxyl groups is 1. The number of rotatable bonds is 4. The molecular formula is C11H17ClN2O. The zero-order chi connectivity index (χ0) is 11.5. The predicted molar refractivity (Wildman–Crippen MR) is 62.0 cm³/mol. The van der Waals surface area contributed by atoms with Crippen molar-refractivity contribution >= 4 is 11.6 Å². The van der Waals surface area contributed by atoms with Gasteiger partial charge in [-0.2, -0.15) is 0 Å². The maximum Gasteiger partial charge on any atom is 0.129 e. The third kappa shape index (κ3) is 3.78. The molecule has 1 aromatic heterocycles. The first-order valence-corrected chi connectivity index (χ1v) is 5.32. The largest absolute Gasteiger partial charge is 0.394 e. The fourth-order valence-electron chi connectivity index (χ4n) is 1.36. The Labute approximate surface area is 95.5 Å². The third-order valence-electron chi connectivity index (χ3n) is 2.25. The molecule has 0 fully saturated rings. The molecule has 84 valence electrons. The summed E-state index contributed by atoms with van der Waals surface area (Å²) in [6.45, 7) is 6.03. The van der Waals surface area contributed by atoms with Gasteiger partial charge in [-0.15, -0.1) is 0 Å². The summed E-state index contributed by atoms with van der Waals surface area (Å²) in [4.78, 5) is 4.02. The number of aliphatic hydroxyl groups excluding tert-OH is 1. The highest BCUT2D eigenvalue weighted by Crippen LogP contribution is 2.16. The van der Waals surface area contributed by atoms with Crippen LogP contribution in [0.25, 0.3) is 0 Å². The van der Waals surface area contributed by atoms with E-state index in [2.05, 4.69) is 10.3 Å². The van der Waals surface area contributed by atoms with Crippen molar-refractivity contribution in [1.82, 2.24) is 10.3 Å². The second-order valence-electron chi connectivity index (χ2n) is 4.32. The van der Waals surface area contributed by atoms with Crippen LogP contribution < -0.4 is 5.32 Å². The van der Waals surface area contributed by atoms with Gasteiger partial charge in [0, 0.05) is 17.8 Å². The van der Waals surface area contributed by atoms with Crippen LogP contribution >= 0.6 is 11.6 Å². The first-order chi connectivity index (χ1) is 6.94. The molecule has 0 bridgehead atoms. The Bertz CT molecular complexity index is 311. The molecule has 0 saturated heterocycles. The van der Waals surface area contributed by atoms with E-state index in [1.165, 1.54) is 0 Å². The molecule has 0 aromatic carbocycles. The lowest BCUT2D eigenvalue weighted by Crippen LogP contribution is -2.43. The third-order valence-corrected chi connectivity index (χ3v) is 2.48. The van der Waals surface area contributed by atoms with Gasteiger partial charge in [-0.1, -0.05) is 17.7 Å². The van der Waals surface area contributed by atoms with Crippen LogP contribution in [0.4, 0.5) is 0 Å². The molecule has 1 heterocycles. The van der Waals surface area contributed by atoms with Crippen molar-refractivity contribution in [2.24, 2.45) is 0 Å². The maximum absolute atomic E-state index is 9.13. The fraction of sp³-hybridized carbons (Fsp3) is 0.545. The monoisotopic (exact) mass is 228 g/mol. The van der Waals surface area contributed by atoms with Crippen molar-refractivity contribution in [3.8, 4) is 0 Å². The van der Waals surface area contributed by atoms with Gasteiger partial charge in [0.25, 0.3) is 0 Å². The summed E-state index contributed by atoms with van der Waals surface area (Å²) in [5.41, 5.74) is 0.764. The number of pyridine rings is 1. The van der Waals surface area contributed by atoms with Crippen molar-refractivity contribution in [3.05, 3.63) is 29.0 Å². The second-order valence-corrected chi connectivity index (χ2v) is 4.71. The van der Waals surface area contributed by atoms with Crippen LogP contribution in [0, 0.1) is 0 Å². The van der Waals surface area contributed by atoms with Crippen LogP contribution in [0.3, 0.4) is 0 Å². The van der Waals surface area contributed by atoms with E-state index in [1.54, 1.807) is 12.3 Å². The van der Waals surface area contributed by atoms with Gasteiger partial charge in [-0.05, 0) is 32.4 Å². The molecule has 1 rings (SSSR count). The Morgan fingerprint density at radius 3 is 2.67 bits per heavy atom. The highest BCUT2D eigenvalue weighted by Gasteiger charge is 2.19. The van der Waals surface area contributed by atoms with Crippen LogP contribution in [0.2, 0.25) is 5.15 Å². The molecule has 0 aliphatic carbocycles. The van der Waals surface area contributed by atoms with Gasteiger partial charge in [-0.3, -0.25) is 0 Å². The molecule has 0 spiro atoms. The van der Waals surface area contributed by atoms with E-state index >= 15 is 0 Å². The van der Waals surface area contributed by atoms with Crippen LogP contribution in [0.1, 0.15) is 32.4 Å². The Morgan fingerprint density at radius 2 is 2.20 bits per heavy atom. The lowest BCUT2D eigenvalue weighted by molar-refractivity contribution is 0.178. The number of nitrogens with zero attached hydrogens (tertiary/aromatic N) is 1. The molecular weight excluding hydrogens is 212 g/mol. The molecule has 3 nitrogen and oxygen atoms in total. The smallest absolute Gasteiger partial charge is 0.129 e. The SMILES string of the molecule is CC(NC(C)(C)CO)c1ccc(Cl)nc1. The highest BCUT2D eigenvalue weighted by atomic mass is 35.5. The topological polar surface area (TPSA) is 45.1 Å². The Hall–Kier alpha value is -0.640. The molecule has 0 radical (unpaired) electrons. The average molecular weight is 229 g/mol. The van der Waals surface area contributed by atoms with Crippen molar-refractivity contribution in [2.45, 2.75) is 32.4 Å². The van der Waals surface area contributed by atoms with E-state index in [0.29, 0.717) is 5.15 Å². The van der Waals surface area contributed by atoms with Gasteiger partial charge >= 0.3 is 0 Å². The molecule has 0 aliphatic rings. The number of halogens is 1. The molecule has 2 N–H and O–H groups in total. The molecule has 4 heteroatoms. The van der Waals surface area contributed by atoms with Gasteiger partial charge in [0.2, 0.25) is 0 Å². The minimum absolute atomic E-state index is 0.0956. The van der Waals surface area contributed by atoms with Gasteiger partial charge in [0.1, 0.15) is 5.15 Å². The summed E-state index contributed by atoms with van der Waals surface area (Å²) >= 11 is 5.71. The summed E-state index contributed by atoms with van der Waals surface area (Å²) in [6.07, 6.45) is 1.74. The lowest BCUT2D eigenvalue weighted by atomic mass is 10.0. The summed E-state index contributed by atoms with van der Waals surface area (Å²) in [6, 6.07) is 3.83. The lowest BCUT2D eigenvalue weighted by Gasteiger charge is -2.28. The first kappa shape index (κ1) is 12.4. The Morgan fingerprint density at radius 1 is 1.53 bits per heavy atom. The Balaban J connectivity index is 2.69. The van der Waals surface area contributed by atoms with E-state index < -0.39 is 0 Å². The summed E-state index contributed by atoms with van der Waals surface area (Å²) in [5.74, 6) is 0. The van der Waals surface area contributed by atoms with Crippen LogP contribution in [0.5, 0.6) is 0 Å². The summed E-state index contributed by atoms with van der Waals surface area (Å²) < 4.78 is 0. The number of nitrogens with one attached hydrogen (secondary N) is 1. The van der Waals surface area contributed by atoms with Crippen molar-refractivity contribution in [2.75, 3.05) is 6.61 Å². The van der Waals surface area contributed by atoms with Gasteiger partial charge in [-0.25, -0.2) is 4.98 Å². The zero-order valence-electron chi connectivity index (χ0n) is 9.29. The molecule has 15 heavy (non-hydrogen) atoms.